The molecule has 7 heteroatoms. The Morgan fingerprint density at radius 3 is 2.25 bits per heavy atom. The molecule has 0 N–H and O–H groups in total. The van der Waals surface area contributed by atoms with E-state index in [4.69, 9.17) is 16.3 Å². The van der Waals surface area contributed by atoms with E-state index in [0.29, 0.717) is 22.5 Å². The van der Waals surface area contributed by atoms with Crippen LogP contribution in [-0.4, -0.2) is 27.6 Å². The number of hydrogen-bond acceptors (Lipinski definition) is 4. The van der Waals surface area contributed by atoms with Crippen LogP contribution in [0.25, 0.3) is 72.6 Å². The molecule has 0 saturated carbocycles. The Bertz CT molecular complexity index is 3110. The molecule has 0 aliphatic rings. The number of hydrogen-bond donors (Lipinski definition) is 0. The van der Waals surface area contributed by atoms with Crippen LogP contribution in [0.15, 0.2) is 126 Å². The third-order valence-corrected chi connectivity index (χ3v) is 12.3. The Hall–Kier alpha value is -5.46. The second kappa shape index (κ2) is 17.0. The third-order valence-electron chi connectivity index (χ3n) is 10.3. The van der Waals surface area contributed by atoms with E-state index >= 15 is 0 Å². The van der Waals surface area contributed by atoms with Crippen molar-refractivity contribution in [1.82, 2.24) is 19.5 Å². The van der Waals surface area contributed by atoms with Crippen molar-refractivity contribution in [2.24, 2.45) is 5.92 Å². The zero-order chi connectivity index (χ0) is 45.0. The number of rotatable bonds is 7. The largest absolute Gasteiger partial charge is 0.486 e. The van der Waals surface area contributed by atoms with Crippen LogP contribution in [-0.2, 0) is 26.5 Å². The fourth-order valence-electron chi connectivity index (χ4n) is 7.62. The van der Waals surface area contributed by atoms with Crippen LogP contribution < -0.4 is 5.19 Å². The number of pyridine rings is 2. The Morgan fingerprint density at radius 2 is 1.56 bits per heavy atom. The Morgan fingerprint density at radius 1 is 0.814 bits per heavy atom. The summed E-state index contributed by atoms with van der Waals surface area (Å²) in [5, 5.41) is 3.03. The van der Waals surface area contributed by atoms with Gasteiger partial charge in [0.25, 0.3) is 0 Å². The van der Waals surface area contributed by atoms with Gasteiger partial charge in [0.2, 0.25) is 5.71 Å². The van der Waals surface area contributed by atoms with Gasteiger partial charge in [0.05, 0.1) is 30.5 Å². The zero-order valence-electron chi connectivity index (χ0n) is 39.7. The molecule has 0 atom stereocenters. The molecule has 59 heavy (non-hydrogen) atoms. The van der Waals surface area contributed by atoms with Gasteiger partial charge in [-0.15, -0.1) is 53.6 Å². The van der Waals surface area contributed by atoms with Crippen molar-refractivity contribution >= 4 is 46.4 Å². The number of benzene rings is 5. The van der Waals surface area contributed by atoms with E-state index in [9.17, 15) is 0 Å². The first-order valence-corrected chi connectivity index (χ1v) is 23.2. The smallest absolute Gasteiger partial charge is 0.216 e. The van der Waals surface area contributed by atoms with Crippen LogP contribution in [0, 0.1) is 45.7 Å². The van der Waals surface area contributed by atoms with E-state index in [1.54, 1.807) is 18.3 Å². The quantitative estimate of drug-likeness (QED) is 0.118. The Kier molecular flexibility index (Phi) is 10.2. The van der Waals surface area contributed by atoms with Crippen LogP contribution in [0.5, 0.6) is 0 Å². The van der Waals surface area contributed by atoms with Crippen molar-refractivity contribution in [3.8, 4) is 39.5 Å². The summed E-state index contributed by atoms with van der Waals surface area (Å²) < 4.78 is 48.2. The molecule has 0 unspecified atom stereocenters. The van der Waals surface area contributed by atoms with E-state index in [2.05, 4.69) is 121 Å². The van der Waals surface area contributed by atoms with Crippen LogP contribution >= 0.6 is 0 Å². The van der Waals surface area contributed by atoms with Crippen LogP contribution in [0.1, 0.15) is 48.6 Å². The summed E-state index contributed by atoms with van der Waals surface area (Å²) in [7, 11) is -1.78. The normalized spacial score (nSPS) is 13.3. The molecule has 4 heterocycles. The summed E-state index contributed by atoms with van der Waals surface area (Å²) in [5.74, 6) is 0.635. The fraction of sp³-hybridized carbons (Fsp3) is 0.212. The van der Waals surface area contributed by atoms with Gasteiger partial charge >= 0.3 is 0 Å². The molecule has 1 radical (unpaired) electrons. The molecule has 0 amide bonds. The Labute approximate surface area is 370 Å². The van der Waals surface area contributed by atoms with Crippen LogP contribution in [0.3, 0.4) is 0 Å². The van der Waals surface area contributed by atoms with E-state index in [1.807, 2.05) is 57.2 Å². The molecular weight excluding hydrogens is 917 g/mol. The van der Waals surface area contributed by atoms with Crippen LogP contribution in [0.2, 0.25) is 19.6 Å². The molecule has 0 aliphatic heterocycles. The molecule has 0 fully saturated rings. The minimum Gasteiger partial charge on any atom is -0.486 e. The van der Waals surface area contributed by atoms with Crippen molar-refractivity contribution in [2.45, 2.75) is 67.5 Å². The molecular formula is C52H50IrN4OSi-2. The van der Waals surface area contributed by atoms with E-state index in [1.165, 1.54) is 28.3 Å². The second-order valence-corrected chi connectivity index (χ2v) is 21.3. The molecule has 0 bridgehead atoms. The van der Waals surface area contributed by atoms with Gasteiger partial charge in [-0.2, -0.15) is 0 Å². The van der Waals surface area contributed by atoms with Crippen molar-refractivity contribution < 1.29 is 31.4 Å². The van der Waals surface area contributed by atoms with Gasteiger partial charge in [-0.05, 0) is 103 Å². The summed E-state index contributed by atoms with van der Waals surface area (Å²) in [6.07, 6.45) is 0.328. The van der Waals surface area contributed by atoms with Gasteiger partial charge in [0.1, 0.15) is 0 Å². The molecule has 0 aliphatic carbocycles. The molecule has 5 aromatic carbocycles. The minimum atomic E-state index is -2.16. The van der Waals surface area contributed by atoms with Crippen molar-refractivity contribution in [3.05, 3.63) is 162 Å². The third kappa shape index (κ3) is 8.51. The number of fused-ring (bicyclic) bond motifs is 4. The second-order valence-electron chi connectivity index (χ2n) is 16.2. The number of furan rings is 1. The SMILES string of the molecule is Cc1ccc2c(n1)oc1c(-c3nc4ccccc4n3-c3c(C)cc(-c4ccccc4)cc3C)[c-]ccc12.[2H]C([2H])([2H])c1c[c-]c(-c2cc(C([2H])([2H])C(C)C)c([Si](C)(C)C)cn2)cc1.[Ir]. The molecule has 9 rings (SSSR count). The Balaban J connectivity index is 0.000000202. The molecule has 0 saturated heterocycles. The van der Waals surface area contributed by atoms with Gasteiger partial charge in [-0.1, -0.05) is 105 Å². The number of para-hydroxylation sites is 2. The van der Waals surface area contributed by atoms with Gasteiger partial charge in [0.15, 0.2) is 0 Å². The molecule has 299 valence electrons. The predicted octanol–water partition coefficient (Wildman–Crippen LogP) is 13.0. The summed E-state index contributed by atoms with van der Waals surface area (Å²) in [6, 6.07) is 44.4. The van der Waals surface area contributed by atoms with Crippen molar-refractivity contribution in [2.75, 3.05) is 0 Å². The van der Waals surface area contributed by atoms with Gasteiger partial charge in [-0.3, -0.25) is 4.98 Å². The molecule has 4 aromatic heterocycles. The average molecular weight is 972 g/mol. The summed E-state index contributed by atoms with van der Waals surface area (Å²) in [4.78, 5) is 14.3. The number of aryl methyl sites for hydroxylation is 4. The van der Waals surface area contributed by atoms with Crippen molar-refractivity contribution in [1.29, 1.82) is 0 Å². The molecule has 5 nitrogen and oxygen atoms in total. The standard InChI is InChI=1S/C33H24N3O.C19H26NSi.Ir/c1-20-18-24(23-10-5-4-6-11-23)19-21(2)30(20)36-29-15-8-7-14-28(29)35-32(36)27-13-9-12-25-26-17-16-22(3)34-33(26)37-31(25)27;1-14(2)11-17-12-18(16-9-7-15(3)8-10-16)20-13-19(17)21(4,5)6;/h4-12,14-19H,1-3H3;7-9,12-14H,11H2,1-6H3;/q2*-1;/i;3D3,11D2;. The monoisotopic (exact) mass is 972 g/mol. The molecule has 9 aromatic rings. The maximum absolute atomic E-state index is 8.59. The fourth-order valence-corrected chi connectivity index (χ4v) is 9.03. The maximum atomic E-state index is 8.59. The number of nitrogens with zero attached hydrogens (tertiary/aromatic N) is 4. The first-order chi connectivity index (χ1) is 29.8. The van der Waals surface area contributed by atoms with Crippen LogP contribution in [0.4, 0.5) is 0 Å². The van der Waals surface area contributed by atoms with Crippen molar-refractivity contribution in [3.63, 3.8) is 0 Å². The minimum absolute atomic E-state index is 0. The summed E-state index contributed by atoms with van der Waals surface area (Å²) >= 11 is 0. The summed E-state index contributed by atoms with van der Waals surface area (Å²) in [6.45, 7) is 14.5. The van der Waals surface area contributed by atoms with E-state index < -0.39 is 21.3 Å². The summed E-state index contributed by atoms with van der Waals surface area (Å²) in [5.41, 5.74) is 13.2. The van der Waals surface area contributed by atoms with E-state index in [0.717, 1.165) is 55.3 Å². The number of imidazole rings is 1. The van der Waals surface area contributed by atoms with Gasteiger partial charge in [0, 0.05) is 49.9 Å². The first-order valence-electron chi connectivity index (χ1n) is 22.2. The predicted molar refractivity (Wildman–Crippen MR) is 245 cm³/mol. The average Bonchev–Trinajstić information content (AvgIpc) is 3.81. The topological polar surface area (TPSA) is 56.7 Å². The maximum Gasteiger partial charge on any atom is 0.216 e. The molecule has 0 spiro atoms. The van der Waals surface area contributed by atoms with Gasteiger partial charge < -0.3 is 14.0 Å². The number of aromatic nitrogens is 4. The first kappa shape index (κ1) is 35.5. The zero-order valence-corrected chi connectivity index (χ0v) is 38.0. The van der Waals surface area contributed by atoms with Gasteiger partial charge in [-0.25, -0.2) is 4.98 Å². The van der Waals surface area contributed by atoms with E-state index in [-0.39, 0.29) is 31.6 Å².